The first-order valence-electron chi connectivity index (χ1n) is 6.22. The van der Waals surface area contributed by atoms with Crippen molar-refractivity contribution in [1.82, 2.24) is 4.90 Å². The van der Waals surface area contributed by atoms with Crippen molar-refractivity contribution in [2.24, 2.45) is 5.92 Å². The number of likely N-dealkylation sites (tertiary alicyclic amines) is 1. The summed E-state index contributed by atoms with van der Waals surface area (Å²) < 4.78 is 10.1. The fourth-order valence-electron chi connectivity index (χ4n) is 1.93. The third kappa shape index (κ3) is 5.01. The Morgan fingerprint density at radius 1 is 1.28 bits per heavy atom. The van der Waals surface area contributed by atoms with E-state index in [1.807, 2.05) is 0 Å². The summed E-state index contributed by atoms with van der Waals surface area (Å²) in [4.78, 5) is 24.2. The molecule has 0 atom stereocenters. The Morgan fingerprint density at radius 3 is 2.50 bits per heavy atom. The lowest BCUT2D eigenvalue weighted by Gasteiger charge is -2.30. The van der Waals surface area contributed by atoms with Crippen LogP contribution in [0.4, 0.5) is 0 Å². The highest BCUT2D eigenvalue weighted by Crippen LogP contribution is 2.17. The number of amides is 1. The van der Waals surface area contributed by atoms with Gasteiger partial charge in [-0.05, 0) is 19.3 Å². The minimum Gasteiger partial charge on any atom is -0.481 e. The summed E-state index contributed by atoms with van der Waals surface area (Å²) in [7, 11) is 1.62. The molecule has 0 aromatic rings. The maximum absolute atomic E-state index is 11.7. The lowest BCUT2D eigenvalue weighted by molar-refractivity contribution is -0.146. The molecule has 0 spiro atoms. The van der Waals surface area contributed by atoms with E-state index in [4.69, 9.17) is 14.6 Å². The third-order valence-electron chi connectivity index (χ3n) is 3.06. The first kappa shape index (κ1) is 14.9. The van der Waals surface area contributed by atoms with E-state index in [-0.39, 0.29) is 18.4 Å². The number of methoxy groups -OCH3 is 1. The van der Waals surface area contributed by atoms with Gasteiger partial charge in [-0.1, -0.05) is 0 Å². The number of nitrogens with zero attached hydrogens (tertiary/aromatic N) is 1. The van der Waals surface area contributed by atoms with Crippen molar-refractivity contribution in [1.29, 1.82) is 0 Å². The van der Waals surface area contributed by atoms with E-state index in [0.29, 0.717) is 39.1 Å². The Bertz CT molecular complexity index is 274. The number of carboxylic acids is 1. The van der Waals surface area contributed by atoms with Crippen LogP contribution < -0.4 is 0 Å². The molecule has 0 aromatic heterocycles. The van der Waals surface area contributed by atoms with Crippen LogP contribution in [0, 0.1) is 5.92 Å². The quantitative estimate of drug-likeness (QED) is 0.668. The van der Waals surface area contributed by atoms with E-state index in [0.717, 1.165) is 6.42 Å². The number of hydrogen-bond acceptors (Lipinski definition) is 4. The number of rotatable bonds is 7. The molecule has 1 N–H and O–H groups in total. The van der Waals surface area contributed by atoms with Gasteiger partial charge in [0, 0.05) is 33.4 Å². The highest BCUT2D eigenvalue weighted by atomic mass is 16.5. The predicted molar refractivity (Wildman–Crippen MR) is 64.3 cm³/mol. The van der Waals surface area contributed by atoms with Gasteiger partial charge in [0.1, 0.15) is 6.61 Å². The molecule has 1 amide bonds. The van der Waals surface area contributed by atoms with Crippen molar-refractivity contribution in [2.75, 3.05) is 40.0 Å². The highest BCUT2D eigenvalue weighted by Gasteiger charge is 2.26. The maximum atomic E-state index is 11.7. The van der Waals surface area contributed by atoms with Crippen LogP contribution in [-0.4, -0.2) is 61.9 Å². The van der Waals surface area contributed by atoms with Crippen molar-refractivity contribution >= 4 is 11.9 Å². The van der Waals surface area contributed by atoms with E-state index in [2.05, 4.69) is 0 Å². The molecule has 0 radical (unpaired) electrons. The number of piperidine rings is 1. The van der Waals surface area contributed by atoms with Crippen LogP contribution in [-0.2, 0) is 19.1 Å². The van der Waals surface area contributed by atoms with Gasteiger partial charge < -0.3 is 19.5 Å². The molecular weight excluding hydrogens is 238 g/mol. The van der Waals surface area contributed by atoms with Crippen molar-refractivity contribution in [2.45, 2.75) is 19.3 Å². The number of aliphatic carboxylic acids is 1. The van der Waals surface area contributed by atoms with E-state index < -0.39 is 5.97 Å². The molecule has 0 aliphatic carbocycles. The van der Waals surface area contributed by atoms with Gasteiger partial charge in [-0.15, -0.1) is 0 Å². The molecule has 1 heterocycles. The highest BCUT2D eigenvalue weighted by molar-refractivity contribution is 5.78. The van der Waals surface area contributed by atoms with Crippen LogP contribution in [0.5, 0.6) is 0 Å². The van der Waals surface area contributed by atoms with Crippen LogP contribution >= 0.6 is 0 Å². The normalized spacial score (nSPS) is 16.8. The maximum Gasteiger partial charge on any atom is 0.306 e. The first-order valence-corrected chi connectivity index (χ1v) is 6.22. The minimum absolute atomic E-state index is 0.0590. The molecule has 0 unspecified atom stereocenters. The molecule has 1 rings (SSSR count). The molecule has 6 nitrogen and oxygen atoms in total. The number of hydrogen-bond donors (Lipinski definition) is 1. The van der Waals surface area contributed by atoms with Crippen LogP contribution in [0.2, 0.25) is 0 Å². The van der Waals surface area contributed by atoms with Crippen molar-refractivity contribution in [3.63, 3.8) is 0 Å². The summed E-state index contributed by atoms with van der Waals surface area (Å²) in [5, 5.41) is 8.85. The van der Waals surface area contributed by atoms with Crippen LogP contribution in [0.3, 0.4) is 0 Å². The second-order valence-corrected chi connectivity index (χ2v) is 4.39. The second-order valence-electron chi connectivity index (χ2n) is 4.39. The summed E-state index contributed by atoms with van der Waals surface area (Å²) >= 11 is 0. The van der Waals surface area contributed by atoms with Crippen molar-refractivity contribution in [3.05, 3.63) is 0 Å². The van der Waals surface area contributed by atoms with E-state index in [1.165, 1.54) is 0 Å². The fourth-order valence-corrected chi connectivity index (χ4v) is 1.93. The van der Waals surface area contributed by atoms with Gasteiger partial charge in [-0.25, -0.2) is 0 Å². The van der Waals surface area contributed by atoms with Gasteiger partial charge in [0.15, 0.2) is 0 Å². The van der Waals surface area contributed by atoms with Gasteiger partial charge in [0.25, 0.3) is 0 Å². The van der Waals surface area contributed by atoms with E-state index >= 15 is 0 Å². The molecule has 0 saturated carbocycles. The lowest BCUT2D eigenvalue weighted by atomic mass is 9.97. The van der Waals surface area contributed by atoms with Gasteiger partial charge in [-0.2, -0.15) is 0 Å². The molecule has 1 fully saturated rings. The van der Waals surface area contributed by atoms with Gasteiger partial charge in [-0.3, -0.25) is 9.59 Å². The first-order chi connectivity index (χ1) is 8.65. The standard InChI is InChI=1S/C12H21NO5/c1-17-7-2-8-18-9-11(14)13-5-3-10(4-6-13)12(15)16/h10H,2-9H2,1H3,(H,15,16). The molecular formula is C12H21NO5. The fraction of sp³-hybridized carbons (Fsp3) is 0.833. The van der Waals surface area contributed by atoms with Crippen molar-refractivity contribution < 1.29 is 24.2 Å². The molecule has 1 saturated heterocycles. The second kappa shape index (κ2) is 8.05. The zero-order valence-corrected chi connectivity index (χ0v) is 10.8. The Hall–Kier alpha value is -1.14. The molecule has 0 bridgehead atoms. The molecule has 18 heavy (non-hydrogen) atoms. The van der Waals surface area contributed by atoms with E-state index in [1.54, 1.807) is 12.0 Å². The van der Waals surface area contributed by atoms with Gasteiger partial charge >= 0.3 is 5.97 Å². The summed E-state index contributed by atoms with van der Waals surface area (Å²) in [6.45, 7) is 2.22. The van der Waals surface area contributed by atoms with Gasteiger partial charge in [0.05, 0.1) is 5.92 Å². The zero-order valence-electron chi connectivity index (χ0n) is 10.8. The Morgan fingerprint density at radius 2 is 1.94 bits per heavy atom. The summed E-state index contributed by atoms with van der Waals surface area (Å²) in [6.07, 6.45) is 1.83. The Labute approximate surface area is 107 Å². The summed E-state index contributed by atoms with van der Waals surface area (Å²) in [6, 6.07) is 0. The molecule has 0 aromatic carbocycles. The summed E-state index contributed by atoms with van der Waals surface area (Å²) in [5.41, 5.74) is 0. The lowest BCUT2D eigenvalue weighted by Crippen LogP contribution is -2.42. The molecule has 1 aliphatic heterocycles. The topological polar surface area (TPSA) is 76.1 Å². The monoisotopic (exact) mass is 259 g/mol. The number of carboxylic acid groups (broad SMARTS) is 1. The average Bonchev–Trinajstić information content (AvgIpc) is 2.38. The van der Waals surface area contributed by atoms with Crippen molar-refractivity contribution in [3.8, 4) is 0 Å². The van der Waals surface area contributed by atoms with Crippen LogP contribution in [0.25, 0.3) is 0 Å². The number of ether oxygens (including phenoxy) is 2. The smallest absolute Gasteiger partial charge is 0.306 e. The molecule has 104 valence electrons. The average molecular weight is 259 g/mol. The molecule has 1 aliphatic rings. The van der Waals surface area contributed by atoms with Crippen LogP contribution in [0.1, 0.15) is 19.3 Å². The van der Waals surface area contributed by atoms with Gasteiger partial charge in [0.2, 0.25) is 5.91 Å². The Kier molecular flexibility index (Phi) is 6.67. The largest absolute Gasteiger partial charge is 0.481 e. The minimum atomic E-state index is -0.766. The summed E-state index contributed by atoms with van der Waals surface area (Å²) in [5.74, 6) is -1.13. The SMILES string of the molecule is COCCCOCC(=O)N1CCC(C(=O)O)CC1. The number of carbonyl (C=O) groups is 2. The zero-order chi connectivity index (χ0) is 13.4. The predicted octanol–water partition coefficient (Wildman–Crippen LogP) is 0.363. The Balaban J connectivity index is 2.14. The molecule has 6 heteroatoms. The van der Waals surface area contributed by atoms with E-state index in [9.17, 15) is 9.59 Å². The number of carbonyl (C=O) groups excluding carboxylic acids is 1. The third-order valence-corrected chi connectivity index (χ3v) is 3.06. The van der Waals surface area contributed by atoms with Crippen LogP contribution in [0.15, 0.2) is 0 Å².